The highest BCUT2D eigenvalue weighted by molar-refractivity contribution is 6.30. The first-order valence-electron chi connectivity index (χ1n) is 14.9. The average molecular weight is 665 g/mol. The van der Waals surface area contributed by atoms with E-state index in [1.54, 1.807) is 0 Å². The van der Waals surface area contributed by atoms with Crippen LogP contribution in [-0.2, 0) is 29.0 Å². The van der Waals surface area contributed by atoms with Crippen LogP contribution in [0.1, 0.15) is 42.4 Å². The predicted octanol–water partition coefficient (Wildman–Crippen LogP) is 5.68. The van der Waals surface area contributed by atoms with Gasteiger partial charge in [-0.15, -0.1) is 24.8 Å². The molecule has 3 aliphatic rings. The molecule has 9 nitrogen and oxygen atoms in total. The molecule has 0 bridgehead atoms. The minimum atomic E-state index is -0.699. The molecular weight excluding hydrogens is 625 g/mol. The Morgan fingerprint density at radius 1 is 1.00 bits per heavy atom. The normalized spacial score (nSPS) is 19.1. The molecule has 0 amide bonds. The number of aryl methyl sites for hydroxylation is 1. The summed E-state index contributed by atoms with van der Waals surface area (Å²) in [5, 5.41) is 9.70. The first-order valence-corrected chi connectivity index (χ1v) is 15.3. The van der Waals surface area contributed by atoms with E-state index < -0.39 is 5.97 Å². The van der Waals surface area contributed by atoms with Gasteiger partial charge in [-0.2, -0.15) is 4.98 Å². The summed E-state index contributed by atoms with van der Waals surface area (Å²) in [4.78, 5) is 25.2. The lowest BCUT2D eigenvalue weighted by Gasteiger charge is -2.37. The number of nitrogens with two attached hydrogens (primary N) is 1. The molecule has 1 saturated carbocycles. The standard InChI is InChI=1S/C32H38ClN5O4.2ClH/c33-24-6-3-21(4-7-24)20-42-25-8-10-27-22(17-25)5-9-28-29(27)35-32(34)36-30(28)38-14-12-37(13-15-38)11-1-2-16-41-26-18-23(19-26)31(39)40;;/h3-4,6-8,10,17,23,26H,1-2,5,9,11-16,18-20H2,(H,39,40)(H2,34,35,36);2*1H. The highest BCUT2D eigenvalue weighted by Crippen LogP contribution is 2.39. The molecule has 2 heterocycles. The minimum Gasteiger partial charge on any atom is -0.489 e. The topological polar surface area (TPSA) is 114 Å². The van der Waals surface area contributed by atoms with E-state index in [0.717, 1.165) is 91.8 Å². The molecule has 1 aliphatic heterocycles. The molecule has 0 spiro atoms. The van der Waals surface area contributed by atoms with E-state index in [0.29, 0.717) is 32.0 Å². The lowest BCUT2D eigenvalue weighted by Crippen LogP contribution is -2.47. The third-order valence-electron chi connectivity index (χ3n) is 8.64. The Balaban J connectivity index is 0.00000221. The monoisotopic (exact) mass is 663 g/mol. The molecule has 1 saturated heterocycles. The van der Waals surface area contributed by atoms with Crippen LogP contribution in [0.5, 0.6) is 5.75 Å². The van der Waals surface area contributed by atoms with Crippen LogP contribution >= 0.6 is 36.4 Å². The van der Waals surface area contributed by atoms with Crippen LogP contribution in [0, 0.1) is 5.92 Å². The van der Waals surface area contributed by atoms with Gasteiger partial charge in [-0.3, -0.25) is 9.69 Å². The number of aliphatic carboxylic acids is 1. The first-order chi connectivity index (χ1) is 20.4. The number of benzene rings is 2. The van der Waals surface area contributed by atoms with Crippen molar-refractivity contribution in [3.05, 3.63) is 64.2 Å². The maximum Gasteiger partial charge on any atom is 0.306 e. The number of aromatic nitrogens is 2. The van der Waals surface area contributed by atoms with Crippen molar-refractivity contribution in [2.75, 3.05) is 50.0 Å². The van der Waals surface area contributed by atoms with Gasteiger partial charge in [0, 0.05) is 48.9 Å². The van der Waals surface area contributed by atoms with E-state index in [1.165, 1.54) is 11.1 Å². The molecule has 44 heavy (non-hydrogen) atoms. The Kier molecular flexibility index (Phi) is 12.0. The molecule has 12 heteroatoms. The maximum atomic E-state index is 10.9. The first kappa shape index (κ1) is 34.1. The molecule has 6 rings (SSSR count). The Bertz CT molecular complexity index is 1410. The zero-order valence-corrected chi connectivity index (χ0v) is 27.0. The molecule has 1 aromatic heterocycles. The van der Waals surface area contributed by atoms with Crippen molar-refractivity contribution in [3.8, 4) is 17.0 Å². The molecule has 3 aromatic rings. The van der Waals surface area contributed by atoms with Gasteiger partial charge in [0.25, 0.3) is 0 Å². The molecule has 0 radical (unpaired) electrons. The van der Waals surface area contributed by atoms with E-state index >= 15 is 0 Å². The van der Waals surface area contributed by atoms with Crippen molar-refractivity contribution in [3.63, 3.8) is 0 Å². The van der Waals surface area contributed by atoms with Gasteiger partial charge < -0.3 is 25.2 Å². The molecule has 2 aliphatic carbocycles. The van der Waals surface area contributed by atoms with E-state index in [2.05, 4.69) is 26.9 Å². The van der Waals surface area contributed by atoms with Gasteiger partial charge in [0.2, 0.25) is 5.95 Å². The number of hydrogen-bond acceptors (Lipinski definition) is 8. The summed E-state index contributed by atoms with van der Waals surface area (Å²) < 4.78 is 11.9. The number of nitrogens with zero attached hydrogens (tertiary/aromatic N) is 4. The van der Waals surface area contributed by atoms with Gasteiger partial charge in [-0.1, -0.05) is 23.7 Å². The van der Waals surface area contributed by atoms with Gasteiger partial charge in [0.05, 0.1) is 17.7 Å². The maximum absolute atomic E-state index is 10.9. The zero-order valence-electron chi connectivity index (χ0n) is 24.6. The summed E-state index contributed by atoms with van der Waals surface area (Å²) >= 11 is 6.00. The van der Waals surface area contributed by atoms with Gasteiger partial charge in [0.15, 0.2) is 0 Å². The lowest BCUT2D eigenvalue weighted by molar-refractivity contribution is -0.151. The number of rotatable bonds is 11. The molecule has 3 N–H and O–H groups in total. The van der Waals surface area contributed by atoms with Crippen molar-refractivity contribution < 1.29 is 19.4 Å². The minimum absolute atomic E-state index is 0. The third kappa shape index (κ3) is 8.06. The highest BCUT2D eigenvalue weighted by atomic mass is 35.5. The second-order valence-corrected chi connectivity index (χ2v) is 11.9. The number of hydrogen-bond donors (Lipinski definition) is 2. The van der Waals surface area contributed by atoms with Crippen molar-refractivity contribution in [2.45, 2.75) is 51.2 Å². The van der Waals surface area contributed by atoms with Crippen LogP contribution in [0.2, 0.25) is 5.02 Å². The Morgan fingerprint density at radius 3 is 2.48 bits per heavy atom. The number of piperazine rings is 1. The lowest BCUT2D eigenvalue weighted by atomic mass is 9.82. The number of unbranched alkanes of at least 4 members (excludes halogenated alkanes) is 1. The summed E-state index contributed by atoms with van der Waals surface area (Å²) in [5.41, 5.74) is 11.8. The number of carboxylic acid groups (broad SMARTS) is 1. The summed E-state index contributed by atoms with van der Waals surface area (Å²) in [7, 11) is 0. The Labute approximate surface area is 275 Å². The van der Waals surface area contributed by atoms with Gasteiger partial charge in [-0.25, -0.2) is 4.98 Å². The second-order valence-electron chi connectivity index (χ2n) is 11.5. The second kappa shape index (κ2) is 15.5. The summed E-state index contributed by atoms with van der Waals surface area (Å²) in [6.45, 7) is 6.01. The van der Waals surface area contributed by atoms with E-state index in [9.17, 15) is 4.79 Å². The van der Waals surface area contributed by atoms with Gasteiger partial charge >= 0.3 is 5.97 Å². The summed E-state index contributed by atoms with van der Waals surface area (Å²) in [6, 6.07) is 13.9. The van der Waals surface area contributed by atoms with Crippen LogP contribution in [0.25, 0.3) is 11.3 Å². The average Bonchev–Trinajstić information content (AvgIpc) is 2.97. The van der Waals surface area contributed by atoms with Crippen LogP contribution in [0.15, 0.2) is 42.5 Å². The van der Waals surface area contributed by atoms with Crippen molar-refractivity contribution in [1.82, 2.24) is 14.9 Å². The molecule has 2 fully saturated rings. The van der Waals surface area contributed by atoms with Gasteiger partial charge in [-0.05, 0) is 86.5 Å². The largest absolute Gasteiger partial charge is 0.489 e. The fourth-order valence-corrected chi connectivity index (χ4v) is 6.21. The molecule has 238 valence electrons. The quantitative estimate of drug-likeness (QED) is 0.250. The summed E-state index contributed by atoms with van der Waals surface area (Å²) in [5.74, 6) is 1.21. The van der Waals surface area contributed by atoms with Crippen LogP contribution < -0.4 is 15.4 Å². The van der Waals surface area contributed by atoms with Gasteiger partial charge in [0.1, 0.15) is 18.2 Å². The number of carboxylic acids is 1. The number of ether oxygens (including phenoxy) is 2. The fourth-order valence-electron chi connectivity index (χ4n) is 6.08. The Morgan fingerprint density at radius 2 is 1.75 bits per heavy atom. The van der Waals surface area contributed by atoms with Crippen LogP contribution in [0.3, 0.4) is 0 Å². The zero-order chi connectivity index (χ0) is 29.1. The SMILES string of the molecule is Cl.Cl.Nc1nc2c(c(N3CCN(CCCCOC4CC(C(=O)O)C4)CC3)n1)CCc1cc(OCc3ccc(Cl)cc3)ccc1-2. The number of carbonyl (C=O) groups is 1. The number of anilines is 2. The molecule has 2 aromatic carbocycles. The smallest absolute Gasteiger partial charge is 0.306 e. The number of fused-ring (bicyclic) bond motifs is 3. The van der Waals surface area contributed by atoms with Crippen molar-refractivity contribution in [2.24, 2.45) is 5.92 Å². The third-order valence-corrected chi connectivity index (χ3v) is 8.89. The Hall–Kier alpha value is -2.82. The molecular formula is C32H40Cl3N5O4. The molecule has 0 atom stereocenters. The fraction of sp³-hybridized carbons (Fsp3) is 0.469. The van der Waals surface area contributed by atoms with E-state index in [1.807, 2.05) is 30.3 Å². The molecule has 0 unspecified atom stereocenters. The number of nitrogen functional groups attached to an aromatic ring is 1. The summed E-state index contributed by atoms with van der Waals surface area (Å²) in [6.07, 6.45) is 5.28. The highest BCUT2D eigenvalue weighted by Gasteiger charge is 2.35. The van der Waals surface area contributed by atoms with E-state index in [4.69, 9.17) is 36.9 Å². The van der Waals surface area contributed by atoms with E-state index in [-0.39, 0.29) is 36.8 Å². The van der Waals surface area contributed by atoms with Crippen LogP contribution in [-0.4, -0.2) is 71.4 Å². The van der Waals surface area contributed by atoms with Crippen molar-refractivity contribution in [1.29, 1.82) is 0 Å². The predicted molar refractivity (Wildman–Crippen MR) is 178 cm³/mol. The van der Waals surface area contributed by atoms with Crippen LogP contribution in [0.4, 0.5) is 11.8 Å². The number of halogens is 3. The van der Waals surface area contributed by atoms with Crippen molar-refractivity contribution >= 4 is 54.2 Å².